The smallest absolute Gasteiger partial charge is 0.317 e. The predicted octanol–water partition coefficient (Wildman–Crippen LogP) is 1.11. The molecule has 1 heterocycles. The summed E-state index contributed by atoms with van der Waals surface area (Å²) >= 11 is 1.42. The number of hydrogen-bond acceptors (Lipinski definition) is 3. The first-order valence-corrected chi connectivity index (χ1v) is 7.08. The maximum atomic E-state index is 11.9. The number of hydrogen-bond donors (Lipinski definition) is 2. The molecule has 0 aromatic rings. The highest BCUT2D eigenvalue weighted by Crippen LogP contribution is 2.22. The third-order valence-electron chi connectivity index (χ3n) is 3.38. The van der Waals surface area contributed by atoms with Gasteiger partial charge in [-0.05, 0) is 44.1 Å². The average molecular weight is 257 g/mol. The van der Waals surface area contributed by atoms with E-state index in [-0.39, 0.29) is 6.03 Å². The van der Waals surface area contributed by atoms with Crippen LogP contribution in [0.1, 0.15) is 32.1 Å². The summed E-state index contributed by atoms with van der Waals surface area (Å²) in [5, 5.41) is 3.37. The molecule has 6 heteroatoms. The number of nitrogens with one attached hydrogen (secondary N) is 2. The monoisotopic (exact) mass is 257 g/mol. The summed E-state index contributed by atoms with van der Waals surface area (Å²) in [6.07, 6.45) is 6.22. The number of carbonyl (C=O) groups is 2. The molecule has 3 amide bonds. The van der Waals surface area contributed by atoms with E-state index in [0.29, 0.717) is 17.7 Å². The molecular weight excluding hydrogens is 238 g/mol. The molecule has 0 aromatic carbocycles. The lowest BCUT2D eigenvalue weighted by atomic mass is 9.93. The Morgan fingerprint density at radius 2 is 2.12 bits per heavy atom. The van der Waals surface area contributed by atoms with Gasteiger partial charge in [0.05, 0.1) is 0 Å². The lowest BCUT2D eigenvalue weighted by Crippen LogP contribution is -2.51. The van der Waals surface area contributed by atoms with Crippen LogP contribution in [-0.2, 0) is 4.79 Å². The third kappa shape index (κ3) is 3.52. The second-order valence-corrected chi connectivity index (χ2v) is 5.78. The van der Waals surface area contributed by atoms with Gasteiger partial charge in [-0.2, -0.15) is 0 Å². The molecule has 2 aliphatic rings. The van der Waals surface area contributed by atoms with Crippen molar-refractivity contribution < 1.29 is 9.59 Å². The number of urea groups is 1. The minimum Gasteiger partial charge on any atom is -0.335 e. The van der Waals surface area contributed by atoms with Crippen LogP contribution < -0.4 is 10.0 Å². The summed E-state index contributed by atoms with van der Waals surface area (Å²) in [6, 6.07) is 0.453. The number of carbonyl (C=O) groups excluding carboxylic acids is 2. The van der Waals surface area contributed by atoms with Gasteiger partial charge >= 0.3 is 6.03 Å². The van der Waals surface area contributed by atoms with E-state index in [2.05, 4.69) is 10.0 Å². The van der Waals surface area contributed by atoms with Crippen molar-refractivity contribution in [1.82, 2.24) is 14.9 Å². The second kappa shape index (κ2) is 6.14. The Kier molecular flexibility index (Phi) is 4.53. The Morgan fingerprint density at radius 1 is 1.29 bits per heavy atom. The molecule has 2 fully saturated rings. The maximum absolute atomic E-state index is 11.9. The fourth-order valence-electron chi connectivity index (χ4n) is 2.16. The van der Waals surface area contributed by atoms with E-state index in [1.54, 1.807) is 0 Å². The lowest BCUT2D eigenvalue weighted by Gasteiger charge is -2.35. The van der Waals surface area contributed by atoms with Crippen molar-refractivity contribution in [3.63, 3.8) is 0 Å². The molecule has 17 heavy (non-hydrogen) atoms. The second-order valence-electron chi connectivity index (χ2n) is 4.64. The van der Waals surface area contributed by atoms with E-state index in [4.69, 9.17) is 0 Å². The van der Waals surface area contributed by atoms with E-state index in [9.17, 15) is 9.59 Å². The molecule has 5 nitrogen and oxygen atoms in total. The molecular formula is C11H19N3O2S. The van der Waals surface area contributed by atoms with Gasteiger partial charge in [0, 0.05) is 24.4 Å². The average Bonchev–Trinajstić information content (AvgIpc) is 2.31. The largest absolute Gasteiger partial charge is 0.335 e. The van der Waals surface area contributed by atoms with E-state index in [0.717, 1.165) is 38.8 Å². The minimum atomic E-state index is 0.0612. The summed E-state index contributed by atoms with van der Waals surface area (Å²) in [5.74, 6) is 0. The fraction of sp³-hybridized carbons (Fsp3) is 0.818. The highest BCUT2D eigenvalue weighted by molar-refractivity contribution is 7.98. The maximum Gasteiger partial charge on any atom is 0.317 e. The zero-order valence-electron chi connectivity index (χ0n) is 9.85. The third-order valence-corrected chi connectivity index (χ3v) is 4.33. The summed E-state index contributed by atoms with van der Waals surface area (Å²) in [6.45, 7) is 1.56. The predicted molar refractivity (Wildman–Crippen MR) is 67.6 cm³/mol. The molecule has 1 aliphatic carbocycles. The highest BCUT2D eigenvalue weighted by Gasteiger charge is 2.27. The van der Waals surface area contributed by atoms with Crippen LogP contribution in [0.25, 0.3) is 0 Å². The van der Waals surface area contributed by atoms with Crippen molar-refractivity contribution in [1.29, 1.82) is 0 Å². The Hall–Kier alpha value is -0.910. The van der Waals surface area contributed by atoms with E-state index in [1.807, 2.05) is 4.90 Å². The summed E-state index contributed by atoms with van der Waals surface area (Å²) in [5.41, 5.74) is 0. The topological polar surface area (TPSA) is 61.4 Å². The number of piperidine rings is 1. The summed E-state index contributed by atoms with van der Waals surface area (Å²) in [7, 11) is 0. The Balaban J connectivity index is 1.74. The standard InChI is InChI=1S/C11H19N3O2S/c15-8-12-17-10-5-2-6-14(7-10)11(16)13-9-3-1-4-9/h8-10H,1-7H2,(H,12,15)(H,13,16). The van der Waals surface area contributed by atoms with Gasteiger partial charge in [-0.1, -0.05) is 0 Å². The van der Waals surface area contributed by atoms with E-state index in [1.165, 1.54) is 18.4 Å². The first kappa shape index (κ1) is 12.5. The zero-order chi connectivity index (χ0) is 12.1. The Morgan fingerprint density at radius 3 is 2.76 bits per heavy atom. The molecule has 1 saturated heterocycles. The molecule has 1 unspecified atom stereocenters. The van der Waals surface area contributed by atoms with Crippen molar-refractivity contribution in [3.8, 4) is 0 Å². The van der Waals surface area contributed by atoms with Gasteiger partial charge in [-0.15, -0.1) is 0 Å². The van der Waals surface area contributed by atoms with Gasteiger partial charge in [0.25, 0.3) is 0 Å². The number of nitrogens with zero attached hydrogens (tertiary/aromatic N) is 1. The van der Waals surface area contributed by atoms with Crippen LogP contribution in [-0.4, -0.2) is 41.7 Å². The molecule has 1 atom stereocenters. The van der Waals surface area contributed by atoms with Gasteiger partial charge in [0.15, 0.2) is 0 Å². The minimum absolute atomic E-state index is 0.0612. The molecule has 1 saturated carbocycles. The summed E-state index contributed by atoms with van der Waals surface area (Å²) in [4.78, 5) is 24.0. The van der Waals surface area contributed by atoms with Crippen molar-refractivity contribution in [3.05, 3.63) is 0 Å². The number of likely N-dealkylation sites (tertiary alicyclic amines) is 1. The van der Waals surface area contributed by atoms with Crippen molar-refractivity contribution in [2.24, 2.45) is 0 Å². The van der Waals surface area contributed by atoms with Gasteiger partial charge in [-0.3, -0.25) is 4.79 Å². The molecule has 2 rings (SSSR count). The molecule has 0 radical (unpaired) electrons. The van der Waals surface area contributed by atoms with Crippen LogP contribution in [0.2, 0.25) is 0 Å². The normalized spacial score (nSPS) is 24.9. The van der Waals surface area contributed by atoms with Gasteiger partial charge < -0.3 is 14.9 Å². The van der Waals surface area contributed by atoms with Crippen LogP contribution in [0.4, 0.5) is 4.79 Å². The van der Waals surface area contributed by atoms with Gasteiger partial charge in [0.1, 0.15) is 0 Å². The number of rotatable bonds is 4. The Bertz CT molecular complexity index is 284. The van der Waals surface area contributed by atoms with Crippen LogP contribution in [0.15, 0.2) is 0 Å². The molecule has 2 N–H and O–H groups in total. The quantitative estimate of drug-likeness (QED) is 0.586. The van der Waals surface area contributed by atoms with Crippen molar-refractivity contribution in [2.75, 3.05) is 13.1 Å². The van der Waals surface area contributed by atoms with E-state index < -0.39 is 0 Å². The van der Waals surface area contributed by atoms with Gasteiger partial charge in [0.2, 0.25) is 6.41 Å². The lowest BCUT2D eigenvalue weighted by molar-refractivity contribution is -0.107. The van der Waals surface area contributed by atoms with Crippen molar-refractivity contribution >= 4 is 24.4 Å². The van der Waals surface area contributed by atoms with Crippen LogP contribution in [0.5, 0.6) is 0 Å². The Labute approximate surface area is 106 Å². The molecule has 0 aromatic heterocycles. The van der Waals surface area contributed by atoms with Crippen LogP contribution >= 0.6 is 11.9 Å². The highest BCUT2D eigenvalue weighted by atomic mass is 32.2. The first-order chi connectivity index (χ1) is 8.29. The van der Waals surface area contributed by atoms with E-state index >= 15 is 0 Å². The molecule has 0 bridgehead atoms. The SMILES string of the molecule is O=CNSC1CCCN(C(=O)NC2CCC2)C1. The van der Waals surface area contributed by atoms with Gasteiger partial charge in [-0.25, -0.2) is 4.79 Å². The van der Waals surface area contributed by atoms with Crippen LogP contribution in [0, 0.1) is 0 Å². The number of amides is 3. The summed E-state index contributed by atoms with van der Waals surface area (Å²) < 4.78 is 2.62. The first-order valence-electron chi connectivity index (χ1n) is 6.20. The zero-order valence-corrected chi connectivity index (χ0v) is 10.7. The fourth-order valence-corrected chi connectivity index (χ4v) is 2.95. The van der Waals surface area contributed by atoms with Crippen molar-refractivity contribution in [2.45, 2.75) is 43.4 Å². The molecule has 96 valence electrons. The molecule has 1 aliphatic heterocycles. The molecule has 0 spiro atoms. The van der Waals surface area contributed by atoms with Crippen LogP contribution in [0.3, 0.4) is 0 Å².